The van der Waals surface area contributed by atoms with Crippen molar-refractivity contribution in [3.05, 3.63) is 11.5 Å². The Morgan fingerprint density at radius 1 is 1.36 bits per heavy atom. The Labute approximate surface area is 84.9 Å². The molecule has 0 bridgehead atoms. The van der Waals surface area contributed by atoms with Crippen molar-refractivity contribution in [3.63, 3.8) is 0 Å². The zero-order valence-corrected chi connectivity index (χ0v) is 9.77. The maximum atomic E-state index is 11.7. The zero-order chi connectivity index (χ0) is 11.6. The molecule has 14 heavy (non-hydrogen) atoms. The van der Waals surface area contributed by atoms with E-state index in [-0.39, 0.29) is 6.61 Å². The van der Waals surface area contributed by atoms with Crippen LogP contribution in [0, 0.1) is 0 Å². The summed E-state index contributed by atoms with van der Waals surface area (Å²) in [5.41, 5.74) is 0. The minimum atomic E-state index is -3.67. The molecule has 0 rings (SSSR count). The Morgan fingerprint density at radius 3 is 2.07 bits per heavy atom. The van der Waals surface area contributed by atoms with Crippen LogP contribution in [0.15, 0.2) is 11.5 Å². The molecular weight excluding hydrogens is 204 g/mol. The summed E-state index contributed by atoms with van der Waals surface area (Å²) < 4.78 is 26.9. The van der Waals surface area contributed by atoms with Gasteiger partial charge in [0.2, 0.25) is 0 Å². The SMILES string of the molecule is C=C(C(=O)OCC)S(=O)(=O)C(C)(C)C. The van der Waals surface area contributed by atoms with Gasteiger partial charge in [-0.3, -0.25) is 0 Å². The Hall–Kier alpha value is -0.840. The molecule has 0 heterocycles. The van der Waals surface area contributed by atoms with Crippen LogP contribution in [0.2, 0.25) is 0 Å². The molecule has 0 spiro atoms. The predicted molar refractivity (Wildman–Crippen MR) is 54.4 cm³/mol. The molecule has 0 radical (unpaired) electrons. The highest BCUT2D eigenvalue weighted by molar-refractivity contribution is 7.97. The first kappa shape index (κ1) is 13.2. The van der Waals surface area contributed by atoms with Crippen LogP contribution in [0.5, 0.6) is 0 Å². The molecule has 82 valence electrons. The number of esters is 1. The van der Waals surface area contributed by atoms with Gasteiger partial charge in [-0.1, -0.05) is 6.58 Å². The van der Waals surface area contributed by atoms with Gasteiger partial charge in [-0.2, -0.15) is 0 Å². The summed E-state index contributed by atoms with van der Waals surface area (Å²) in [6, 6.07) is 0. The van der Waals surface area contributed by atoms with Crippen LogP contribution >= 0.6 is 0 Å². The van der Waals surface area contributed by atoms with Crippen molar-refractivity contribution in [2.75, 3.05) is 6.61 Å². The lowest BCUT2D eigenvalue weighted by Gasteiger charge is -2.19. The Kier molecular flexibility index (Phi) is 3.88. The van der Waals surface area contributed by atoms with E-state index in [1.54, 1.807) is 6.92 Å². The predicted octanol–water partition coefficient (Wildman–Crippen LogP) is 1.28. The van der Waals surface area contributed by atoms with E-state index in [4.69, 9.17) is 0 Å². The van der Waals surface area contributed by atoms with E-state index >= 15 is 0 Å². The van der Waals surface area contributed by atoms with Crippen LogP contribution in [0.25, 0.3) is 0 Å². The minimum absolute atomic E-state index is 0.136. The molecule has 0 aliphatic heterocycles. The molecule has 0 aliphatic rings. The Balaban J connectivity index is 4.98. The van der Waals surface area contributed by atoms with Crippen LogP contribution in [0.4, 0.5) is 0 Å². The fraction of sp³-hybridized carbons (Fsp3) is 0.667. The van der Waals surface area contributed by atoms with Gasteiger partial charge in [0, 0.05) is 0 Å². The van der Waals surface area contributed by atoms with Crippen molar-refractivity contribution in [1.29, 1.82) is 0 Å². The molecule has 0 N–H and O–H groups in total. The number of carbonyl (C=O) groups is 1. The van der Waals surface area contributed by atoms with E-state index < -0.39 is 25.5 Å². The number of sulfone groups is 1. The molecule has 4 nitrogen and oxygen atoms in total. The van der Waals surface area contributed by atoms with Gasteiger partial charge in [0.1, 0.15) is 4.91 Å². The molecule has 0 aromatic rings. The van der Waals surface area contributed by atoms with Crippen LogP contribution < -0.4 is 0 Å². The van der Waals surface area contributed by atoms with E-state index in [0.29, 0.717) is 0 Å². The smallest absolute Gasteiger partial charge is 0.349 e. The van der Waals surface area contributed by atoms with Crippen LogP contribution in [0.1, 0.15) is 27.7 Å². The van der Waals surface area contributed by atoms with Gasteiger partial charge in [-0.05, 0) is 27.7 Å². The van der Waals surface area contributed by atoms with Crippen molar-refractivity contribution in [1.82, 2.24) is 0 Å². The summed E-state index contributed by atoms with van der Waals surface area (Å²) in [5.74, 6) is -0.873. The van der Waals surface area contributed by atoms with Gasteiger partial charge in [0.25, 0.3) is 0 Å². The fourth-order valence-electron chi connectivity index (χ4n) is 0.691. The fourth-order valence-corrected chi connectivity index (χ4v) is 1.71. The lowest BCUT2D eigenvalue weighted by Crippen LogP contribution is -2.32. The van der Waals surface area contributed by atoms with Gasteiger partial charge in [0.15, 0.2) is 9.84 Å². The molecule has 5 heteroatoms. The third-order valence-corrected chi connectivity index (χ3v) is 4.06. The normalized spacial score (nSPS) is 12.3. The number of rotatable bonds is 3. The summed E-state index contributed by atoms with van der Waals surface area (Å²) in [5, 5.41) is 0. The minimum Gasteiger partial charge on any atom is -0.462 e. The molecule has 0 aromatic heterocycles. The molecule has 0 amide bonds. The van der Waals surface area contributed by atoms with Crippen molar-refractivity contribution >= 4 is 15.8 Å². The summed E-state index contributed by atoms with van der Waals surface area (Å²) >= 11 is 0. The average molecular weight is 220 g/mol. The Bertz CT molecular complexity index is 332. The summed E-state index contributed by atoms with van der Waals surface area (Å²) in [6.07, 6.45) is 0. The molecule has 0 saturated carbocycles. The number of hydrogen-bond donors (Lipinski definition) is 0. The van der Waals surface area contributed by atoms with Gasteiger partial charge >= 0.3 is 5.97 Å². The lowest BCUT2D eigenvalue weighted by atomic mass is 10.3. The standard InChI is InChI=1S/C9H16O4S/c1-6-13-8(10)7(2)14(11,12)9(3,4)5/h2,6H2,1,3-5H3. The number of ether oxygens (including phenoxy) is 1. The topological polar surface area (TPSA) is 60.4 Å². The van der Waals surface area contributed by atoms with Crippen molar-refractivity contribution < 1.29 is 17.9 Å². The third kappa shape index (κ3) is 2.57. The van der Waals surface area contributed by atoms with E-state index in [0.717, 1.165) is 0 Å². The van der Waals surface area contributed by atoms with E-state index in [9.17, 15) is 13.2 Å². The average Bonchev–Trinajstić information content (AvgIpc) is 2.01. The van der Waals surface area contributed by atoms with Crippen molar-refractivity contribution in [3.8, 4) is 0 Å². The molecule has 0 atom stereocenters. The highest BCUT2D eigenvalue weighted by atomic mass is 32.2. The lowest BCUT2D eigenvalue weighted by molar-refractivity contribution is -0.137. The molecule has 0 aliphatic carbocycles. The largest absolute Gasteiger partial charge is 0.462 e. The molecule has 0 saturated heterocycles. The molecule has 0 unspecified atom stereocenters. The first-order valence-corrected chi connectivity index (χ1v) is 5.73. The van der Waals surface area contributed by atoms with Gasteiger partial charge in [0.05, 0.1) is 11.4 Å². The second-order valence-electron chi connectivity index (χ2n) is 3.76. The van der Waals surface area contributed by atoms with Gasteiger partial charge < -0.3 is 4.74 Å². The molecule has 0 fully saturated rings. The highest BCUT2D eigenvalue weighted by Crippen LogP contribution is 2.22. The summed E-state index contributed by atoms with van der Waals surface area (Å²) in [6.45, 7) is 9.51. The second kappa shape index (κ2) is 4.13. The first-order valence-electron chi connectivity index (χ1n) is 4.25. The monoisotopic (exact) mass is 220 g/mol. The Morgan fingerprint density at radius 2 is 1.79 bits per heavy atom. The maximum absolute atomic E-state index is 11.7. The molecular formula is C9H16O4S. The van der Waals surface area contributed by atoms with Crippen molar-refractivity contribution in [2.24, 2.45) is 0 Å². The quantitative estimate of drug-likeness (QED) is 0.531. The van der Waals surface area contributed by atoms with E-state index in [2.05, 4.69) is 11.3 Å². The van der Waals surface area contributed by atoms with Crippen LogP contribution in [-0.4, -0.2) is 25.7 Å². The van der Waals surface area contributed by atoms with Crippen LogP contribution in [-0.2, 0) is 19.4 Å². The van der Waals surface area contributed by atoms with Gasteiger partial charge in [-0.15, -0.1) is 0 Å². The summed E-state index contributed by atoms with van der Waals surface area (Å²) in [7, 11) is -3.67. The van der Waals surface area contributed by atoms with Crippen LogP contribution in [0.3, 0.4) is 0 Å². The van der Waals surface area contributed by atoms with E-state index in [1.165, 1.54) is 20.8 Å². The zero-order valence-electron chi connectivity index (χ0n) is 8.96. The van der Waals surface area contributed by atoms with Crippen molar-refractivity contribution in [2.45, 2.75) is 32.4 Å². The number of carbonyl (C=O) groups excluding carboxylic acids is 1. The molecule has 0 aromatic carbocycles. The van der Waals surface area contributed by atoms with Gasteiger partial charge in [-0.25, -0.2) is 13.2 Å². The maximum Gasteiger partial charge on any atom is 0.349 e. The number of hydrogen-bond acceptors (Lipinski definition) is 4. The second-order valence-corrected chi connectivity index (χ2v) is 6.48. The highest BCUT2D eigenvalue weighted by Gasteiger charge is 2.35. The first-order chi connectivity index (χ1) is 6.14. The summed E-state index contributed by atoms with van der Waals surface area (Å²) in [4.78, 5) is 10.7. The van der Waals surface area contributed by atoms with E-state index in [1.807, 2.05) is 0 Å². The third-order valence-electron chi connectivity index (χ3n) is 1.63.